The number of hydrogen-bond acceptors (Lipinski definition) is 5. The van der Waals surface area contributed by atoms with Gasteiger partial charge in [-0.15, -0.1) is 0 Å². The van der Waals surface area contributed by atoms with Gasteiger partial charge in [0, 0.05) is 30.8 Å². The van der Waals surface area contributed by atoms with Crippen molar-refractivity contribution in [3.8, 4) is 11.4 Å². The molecule has 2 aliphatic rings. The molecule has 3 heterocycles. The Kier molecular flexibility index (Phi) is 5.25. The first kappa shape index (κ1) is 20.4. The first-order valence-electron chi connectivity index (χ1n) is 11.1. The highest BCUT2D eigenvalue weighted by Crippen LogP contribution is 2.35. The van der Waals surface area contributed by atoms with Crippen molar-refractivity contribution in [2.24, 2.45) is 5.92 Å². The summed E-state index contributed by atoms with van der Waals surface area (Å²) in [5.41, 5.74) is 3.99. The number of rotatable bonds is 4. The van der Waals surface area contributed by atoms with Crippen LogP contribution < -0.4 is 4.90 Å². The molecule has 2 aromatic carbocycles. The molecule has 3 aromatic rings. The molecule has 32 heavy (non-hydrogen) atoms. The van der Waals surface area contributed by atoms with Gasteiger partial charge in [0.2, 0.25) is 23.5 Å². The summed E-state index contributed by atoms with van der Waals surface area (Å²) >= 11 is 0. The minimum atomic E-state index is -0.358. The van der Waals surface area contributed by atoms with E-state index in [1.807, 2.05) is 67.3 Å². The molecule has 5 rings (SSSR count). The lowest BCUT2D eigenvalue weighted by Gasteiger charge is -2.25. The van der Waals surface area contributed by atoms with Gasteiger partial charge in [-0.3, -0.25) is 9.59 Å². The summed E-state index contributed by atoms with van der Waals surface area (Å²) in [6.45, 7) is 5.07. The summed E-state index contributed by atoms with van der Waals surface area (Å²) in [5.74, 6) is 0.619. The molecule has 164 valence electrons. The molecule has 2 aliphatic heterocycles. The predicted molar refractivity (Wildman–Crippen MR) is 120 cm³/mol. The van der Waals surface area contributed by atoms with Gasteiger partial charge in [-0.25, -0.2) is 0 Å². The molecular formula is C25H26N4O3. The van der Waals surface area contributed by atoms with E-state index in [9.17, 15) is 9.59 Å². The van der Waals surface area contributed by atoms with E-state index in [2.05, 4.69) is 10.1 Å². The van der Waals surface area contributed by atoms with Gasteiger partial charge in [-0.1, -0.05) is 46.6 Å². The van der Waals surface area contributed by atoms with Gasteiger partial charge in [0.15, 0.2) is 0 Å². The molecule has 0 spiro atoms. The fourth-order valence-electron chi connectivity index (χ4n) is 4.64. The third-order valence-corrected chi connectivity index (χ3v) is 6.36. The summed E-state index contributed by atoms with van der Waals surface area (Å²) in [7, 11) is 0. The molecule has 7 heteroatoms. The van der Waals surface area contributed by atoms with E-state index in [0.29, 0.717) is 24.8 Å². The van der Waals surface area contributed by atoms with Gasteiger partial charge in [0.25, 0.3) is 0 Å². The summed E-state index contributed by atoms with van der Waals surface area (Å²) in [4.78, 5) is 34.2. The Morgan fingerprint density at radius 1 is 1.09 bits per heavy atom. The molecule has 2 atom stereocenters. The van der Waals surface area contributed by atoms with Crippen LogP contribution in [0, 0.1) is 19.8 Å². The lowest BCUT2D eigenvalue weighted by Crippen LogP contribution is -2.37. The standard InChI is InChI=1S/C25H26N4O3/c1-16-8-10-20(11-9-16)29-15-19(14-22(29)30)25(31)28-12-4-7-21(28)24-26-23(27-32-24)18-6-3-5-17(2)13-18/h3,5-6,8-11,13,19,21H,4,7,12,14-15H2,1-2H3/t19-,21-/m1/s1. The van der Waals surface area contributed by atoms with Crippen LogP contribution in [0.3, 0.4) is 0 Å². The van der Waals surface area contributed by atoms with Gasteiger partial charge in [-0.2, -0.15) is 4.98 Å². The van der Waals surface area contributed by atoms with Crippen molar-refractivity contribution >= 4 is 17.5 Å². The quantitative estimate of drug-likeness (QED) is 0.623. The Labute approximate surface area is 187 Å². The first-order chi connectivity index (χ1) is 15.5. The minimum Gasteiger partial charge on any atom is -0.337 e. The number of aryl methyl sites for hydroxylation is 2. The van der Waals surface area contributed by atoms with Crippen LogP contribution >= 0.6 is 0 Å². The van der Waals surface area contributed by atoms with Gasteiger partial charge < -0.3 is 14.3 Å². The van der Waals surface area contributed by atoms with Crippen LogP contribution in [0.2, 0.25) is 0 Å². The summed E-state index contributed by atoms with van der Waals surface area (Å²) in [5, 5.41) is 4.15. The summed E-state index contributed by atoms with van der Waals surface area (Å²) < 4.78 is 5.58. The van der Waals surface area contributed by atoms with E-state index in [-0.39, 0.29) is 30.2 Å². The number of benzene rings is 2. The Balaban J connectivity index is 1.32. The Bertz CT molecular complexity index is 1150. The number of amides is 2. The van der Waals surface area contributed by atoms with Crippen LogP contribution in [0.25, 0.3) is 11.4 Å². The average molecular weight is 431 g/mol. The smallest absolute Gasteiger partial charge is 0.249 e. The second-order valence-electron chi connectivity index (χ2n) is 8.76. The van der Waals surface area contributed by atoms with E-state index >= 15 is 0 Å². The maximum absolute atomic E-state index is 13.4. The van der Waals surface area contributed by atoms with Crippen molar-refractivity contribution < 1.29 is 14.1 Å². The average Bonchev–Trinajstić information content (AvgIpc) is 3.53. The lowest BCUT2D eigenvalue weighted by molar-refractivity contribution is -0.137. The Hall–Kier alpha value is -3.48. The molecule has 1 aromatic heterocycles. The first-order valence-corrected chi connectivity index (χ1v) is 11.1. The number of likely N-dealkylation sites (tertiary alicyclic amines) is 1. The van der Waals surface area contributed by atoms with Crippen LogP contribution in [-0.4, -0.2) is 39.9 Å². The molecule has 0 N–H and O–H groups in total. The van der Waals surface area contributed by atoms with Crippen LogP contribution in [0.1, 0.15) is 42.3 Å². The Morgan fingerprint density at radius 2 is 1.91 bits per heavy atom. The van der Waals surface area contributed by atoms with E-state index < -0.39 is 0 Å². The number of carbonyl (C=O) groups is 2. The molecule has 2 amide bonds. The van der Waals surface area contributed by atoms with Crippen molar-refractivity contribution in [1.82, 2.24) is 15.0 Å². The lowest BCUT2D eigenvalue weighted by atomic mass is 10.1. The van der Waals surface area contributed by atoms with E-state index in [1.54, 1.807) is 4.90 Å². The maximum atomic E-state index is 13.4. The van der Waals surface area contributed by atoms with Crippen LogP contribution in [0.5, 0.6) is 0 Å². The summed E-state index contributed by atoms with van der Waals surface area (Å²) in [6.07, 6.45) is 1.89. The topological polar surface area (TPSA) is 79.5 Å². The number of aromatic nitrogens is 2. The van der Waals surface area contributed by atoms with Gasteiger partial charge in [0.1, 0.15) is 6.04 Å². The van der Waals surface area contributed by atoms with Gasteiger partial charge in [-0.05, 0) is 44.9 Å². The molecule has 0 unspecified atom stereocenters. The zero-order valence-electron chi connectivity index (χ0n) is 18.3. The van der Waals surface area contributed by atoms with Crippen molar-refractivity contribution in [1.29, 1.82) is 0 Å². The van der Waals surface area contributed by atoms with E-state index in [4.69, 9.17) is 4.52 Å². The van der Waals surface area contributed by atoms with Crippen molar-refractivity contribution in [2.75, 3.05) is 18.0 Å². The SMILES string of the molecule is Cc1ccc(N2C[C@H](C(=O)N3CCC[C@@H]3c3nc(-c4cccc(C)c4)no3)CC2=O)cc1. The second-order valence-corrected chi connectivity index (χ2v) is 8.76. The number of anilines is 1. The molecular weight excluding hydrogens is 404 g/mol. The van der Waals surface area contributed by atoms with Crippen LogP contribution in [0.15, 0.2) is 53.1 Å². The largest absolute Gasteiger partial charge is 0.337 e. The summed E-state index contributed by atoms with van der Waals surface area (Å²) in [6, 6.07) is 15.5. The highest BCUT2D eigenvalue weighted by Gasteiger charge is 2.42. The number of carbonyl (C=O) groups excluding carboxylic acids is 2. The fourth-order valence-corrected chi connectivity index (χ4v) is 4.64. The number of hydrogen-bond donors (Lipinski definition) is 0. The molecule has 0 saturated carbocycles. The third kappa shape index (κ3) is 3.79. The minimum absolute atomic E-state index is 0.00855. The van der Waals surface area contributed by atoms with Crippen molar-refractivity contribution in [2.45, 2.75) is 39.2 Å². The van der Waals surface area contributed by atoms with Crippen LogP contribution in [-0.2, 0) is 9.59 Å². The Morgan fingerprint density at radius 3 is 2.69 bits per heavy atom. The highest BCUT2D eigenvalue weighted by atomic mass is 16.5. The monoisotopic (exact) mass is 430 g/mol. The highest BCUT2D eigenvalue weighted by molar-refractivity contribution is 6.00. The van der Waals surface area contributed by atoms with E-state index in [0.717, 1.165) is 35.2 Å². The van der Waals surface area contributed by atoms with Crippen molar-refractivity contribution in [3.63, 3.8) is 0 Å². The maximum Gasteiger partial charge on any atom is 0.249 e. The molecule has 7 nitrogen and oxygen atoms in total. The fraction of sp³-hybridized carbons (Fsp3) is 0.360. The molecule has 0 radical (unpaired) electrons. The third-order valence-electron chi connectivity index (χ3n) is 6.36. The predicted octanol–water partition coefficient (Wildman–Crippen LogP) is 4.07. The van der Waals surface area contributed by atoms with Crippen LogP contribution in [0.4, 0.5) is 5.69 Å². The van der Waals surface area contributed by atoms with E-state index in [1.165, 1.54) is 0 Å². The zero-order chi connectivity index (χ0) is 22.2. The molecule has 0 bridgehead atoms. The van der Waals surface area contributed by atoms with Gasteiger partial charge >= 0.3 is 0 Å². The molecule has 2 fully saturated rings. The van der Waals surface area contributed by atoms with Crippen molar-refractivity contribution in [3.05, 3.63) is 65.5 Å². The number of nitrogens with zero attached hydrogens (tertiary/aromatic N) is 4. The van der Waals surface area contributed by atoms with Gasteiger partial charge in [0.05, 0.1) is 5.92 Å². The normalized spacial score (nSPS) is 20.9. The second kappa shape index (κ2) is 8.22. The molecule has 0 aliphatic carbocycles. The zero-order valence-corrected chi connectivity index (χ0v) is 18.3. The molecule has 2 saturated heterocycles.